The van der Waals surface area contributed by atoms with Crippen LogP contribution in [0.3, 0.4) is 0 Å². The first kappa shape index (κ1) is 19.6. The number of carbonyl (C=O) groups excluding carboxylic acids is 1. The predicted octanol–water partition coefficient (Wildman–Crippen LogP) is 4.87. The van der Waals surface area contributed by atoms with Crippen molar-refractivity contribution in [2.24, 2.45) is 5.92 Å². The van der Waals surface area contributed by atoms with Crippen LogP contribution in [0.4, 0.5) is 10.5 Å². The van der Waals surface area contributed by atoms with Gasteiger partial charge in [0, 0.05) is 38.4 Å². The van der Waals surface area contributed by atoms with Gasteiger partial charge in [-0.05, 0) is 79.2 Å². The Morgan fingerprint density at radius 2 is 1.73 bits per heavy atom. The summed E-state index contributed by atoms with van der Waals surface area (Å²) in [6.07, 6.45) is 8.20. The highest BCUT2D eigenvalue weighted by Gasteiger charge is 2.27. The Balaban J connectivity index is 1.19. The molecule has 0 radical (unpaired) electrons. The number of hydrogen-bond acceptors (Lipinski definition) is 2. The van der Waals surface area contributed by atoms with Gasteiger partial charge in [0.15, 0.2) is 0 Å². The molecule has 2 aliphatic heterocycles. The predicted molar refractivity (Wildman–Crippen MR) is 122 cm³/mol. The zero-order valence-electron chi connectivity index (χ0n) is 17.9. The largest absolute Gasteiger partial charge is 0.324 e. The van der Waals surface area contributed by atoms with Crippen LogP contribution < -0.4 is 5.32 Å². The summed E-state index contributed by atoms with van der Waals surface area (Å²) >= 11 is 0. The Morgan fingerprint density at radius 3 is 2.67 bits per heavy atom. The van der Waals surface area contributed by atoms with Crippen LogP contribution in [0.15, 0.2) is 42.5 Å². The second kappa shape index (κ2) is 8.81. The van der Waals surface area contributed by atoms with Crippen LogP contribution in [0, 0.1) is 5.92 Å². The molecule has 2 amide bonds. The Morgan fingerprint density at radius 1 is 0.900 bits per heavy atom. The molecule has 0 aromatic heterocycles. The number of fused-ring (bicyclic) bond motifs is 2. The van der Waals surface area contributed by atoms with E-state index in [1.807, 2.05) is 4.90 Å². The number of likely N-dealkylation sites (tertiary alicyclic amines) is 1. The Bertz CT molecular complexity index is 909. The molecule has 0 bridgehead atoms. The van der Waals surface area contributed by atoms with Gasteiger partial charge in [0.25, 0.3) is 0 Å². The Kier molecular flexibility index (Phi) is 5.76. The number of nitrogens with one attached hydrogen (secondary N) is 1. The first-order chi connectivity index (χ1) is 14.8. The summed E-state index contributed by atoms with van der Waals surface area (Å²) in [6, 6.07) is 15.3. The van der Waals surface area contributed by atoms with Crippen LogP contribution in [0.2, 0.25) is 0 Å². The van der Waals surface area contributed by atoms with Gasteiger partial charge < -0.3 is 10.2 Å². The molecule has 1 unspecified atom stereocenters. The monoisotopic (exact) mass is 403 g/mol. The molecule has 2 aromatic carbocycles. The molecule has 1 aliphatic carbocycles. The zero-order chi connectivity index (χ0) is 20.3. The van der Waals surface area contributed by atoms with E-state index in [0.717, 1.165) is 64.1 Å². The molecule has 0 saturated carbocycles. The molecule has 1 saturated heterocycles. The molecule has 5 rings (SSSR count). The van der Waals surface area contributed by atoms with Crippen LogP contribution in [-0.2, 0) is 25.8 Å². The molecule has 0 spiro atoms. The normalized spacial score (nSPS) is 21.6. The van der Waals surface area contributed by atoms with Gasteiger partial charge >= 0.3 is 6.03 Å². The van der Waals surface area contributed by atoms with E-state index in [0.29, 0.717) is 5.92 Å². The highest BCUT2D eigenvalue weighted by atomic mass is 16.2. The van der Waals surface area contributed by atoms with Gasteiger partial charge in [-0.15, -0.1) is 0 Å². The molecule has 3 aliphatic rings. The quantitative estimate of drug-likeness (QED) is 0.794. The summed E-state index contributed by atoms with van der Waals surface area (Å²) in [5.41, 5.74) is 6.79. The molecule has 30 heavy (non-hydrogen) atoms. The van der Waals surface area contributed by atoms with Crippen LogP contribution in [0.25, 0.3) is 0 Å². The van der Waals surface area contributed by atoms with E-state index in [1.54, 1.807) is 0 Å². The van der Waals surface area contributed by atoms with E-state index < -0.39 is 0 Å². The molecule has 1 atom stereocenters. The average molecular weight is 404 g/mol. The minimum Gasteiger partial charge on any atom is -0.324 e. The lowest BCUT2D eigenvalue weighted by molar-refractivity contribution is 0.140. The highest BCUT2D eigenvalue weighted by molar-refractivity contribution is 5.90. The Hall–Kier alpha value is -2.33. The van der Waals surface area contributed by atoms with E-state index in [-0.39, 0.29) is 6.03 Å². The SMILES string of the molecule is O=C(Nc1cccc2c1CCCC2)N1CCCC(CN2CCc3ccccc3C2)C1. The number of hydrogen-bond donors (Lipinski definition) is 1. The first-order valence-corrected chi connectivity index (χ1v) is 11.7. The van der Waals surface area contributed by atoms with Crippen molar-refractivity contribution in [3.8, 4) is 0 Å². The third kappa shape index (κ3) is 4.24. The topological polar surface area (TPSA) is 35.6 Å². The van der Waals surface area contributed by atoms with Crippen molar-refractivity contribution in [1.82, 2.24) is 9.80 Å². The van der Waals surface area contributed by atoms with E-state index in [4.69, 9.17) is 0 Å². The second-order valence-corrected chi connectivity index (χ2v) is 9.29. The molecule has 4 heteroatoms. The summed E-state index contributed by atoms with van der Waals surface area (Å²) in [4.78, 5) is 17.7. The lowest BCUT2D eigenvalue weighted by atomic mass is 9.90. The first-order valence-electron chi connectivity index (χ1n) is 11.7. The fourth-order valence-corrected chi connectivity index (χ4v) is 5.57. The Labute approximate surface area is 180 Å². The number of urea groups is 1. The fourth-order valence-electron chi connectivity index (χ4n) is 5.57. The van der Waals surface area contributed by atoms with E-state index in [9.17, 15) is 4.79 Å². The number of aryl methyl sites for hydroxylation is 1. The molecular weight excluding hydrogens is 370 g/mol. The van der Waals surface area contributed by atoms with Crippen LogP contribution >= 0.6 is 0 Å². The van der Waals surface area contributed by atoms with Crippen LogP contribution in [0.5, 0.6) is 0 Å². The molecule has 1 fully saturated rings. The van der Waals surface area contributed by atoms with Crippen molar-refractivity contribution in [3.63, 3.8) is 0 Å². The number of nitrogens with zero attached hydrogens (tertiary/aromatic N) is 2. The fraction of sp³-hybridized carbons (Fsp3) is 0.500. The van der Waals surface area contributed by atoms with Crippen molar-refractivity contribution in [3.05, 3.63) is 64.7 Å². The maximum atomic E-state index is 13.1. The van der Waals surface area contributed by atoms with E-state index in [1.165, 1.54) is 41.5 Å². The second-order valence-electron chi connectivity index (χ2n) is 9.29. The zero-order valence-corrected chi connectivity index (χ0v) is 17.9. The van der Waals surface area contributed by atoms with Gasteiger partial charge in [-0.1, -0.05) is 36.4 Å². The van der Waals surface area contributed by atoms with Crippen molar-refractivity contribution in [1.29, 1.82) is 0 Å². The summed E-state index contributed by atoms with van der Waals surface area (Å²) < 4.78 is 0. The number of piperidine rings is 1. The average Bonchev–Trinajstić information content (AvgIpc) is 2.79. The van der Waals surface area contributed by atoms with Crippen molar-refractivity contribution in [2.45, 2.75) is 51.5 Å². The van der Waals surface area contributed by atoms with Gasteiger partial charge in [-0.2, -0.15) is 0 Å². The molecule has 158 valence electrons. The van der Waals surface area contributed by atoms with Gasteiger partial charge in [-0.3, -0.25) is 4.90 Å². The van der Waals surface area contributed by atoms with Gasteiger partial charge in [0.05, 0.1) is 0 Å². The van der Waals surface area contributed by atoms with Crippen molar-refractivity contribution in [2.75, 3.05) is 31.5 Å². The van der Waals surface area contributed by atoms with Gasteiger partial charge in [-0.25, -0.2) is 4.79 Å². The smallest absolute Gasteiger partial charge is 0.321 e. The molecule has 2 aromatic rings. The number of anilines is 1. The standard InChI is InChI=1S/C26H33N3O/c30-26(27-25-13-5-11-22-9-3-4-12-24(22)25)29-15-6-7-20(18-29)17-28-16-14-21-8-1-2-10-23(21)19-28/h1-2,5,8,10-11,13,20H,3-4,6-7,9,12,14-19H2,(H,27,30). The maximum Gasteiger partial charge on any atom is 0.321 e. The van der Waals surface area contributed by atoms with Crippen LogP contribution in [-0.4, -0.2) is 42.0 Å². The number of amides is 2. The number of benzene rings is 2. The summed E-state index contributed by atoms with van der Waals surface area (Å²) in [6.45, 7) is 5.03. The van der Waals surface area contributed by atoms with Crippen LogP contribution in [0.1, 0.15) is 47.9 Å². The molecular formula is C26H33N3O. The summed E-state index contributed by atoms with van der Waals surface area (Å²) in [7, 11) is 0. The molecule has 1 N–H and O–H groups in total. The minimum atomic E-state index is 0.0858. The molecule has 2 heterocycles. The lowest BCUT2D eigenvalue weighted by Crippen LogP contribution is -2.46. The van der Waals surface area contributed by atoms with E-state index >= 15 is 0 Å². The maximum absolute atomic E-state index is 13.1. The van der Waals surface area contributed by atoms with Crippen molar-refractivity contribution < 1.29 is 4.79 Å². The molecule has 4 nitrogen and oxygen atoms in total. The minimum absolute atomic E-state index is 0.0858. The van der Waals surface area contributed by atoms with Gasteiger partial charge in [0.2, 0.25) is 0 Å². The summed E-state index contributed by atoms with van der Waals surface area (Å²) in [5.74, 6) is 0.569. The lowest BCUT2D eigenvalue weighted by Gasteiger charge is -2.37. The number of carbonyl (C=O) groups is 1. The highest BCUT2D eigenvalue weighted by Crippen LogP contribution is 2.29. The van der Waals surface area contributed by atoms with Crippen molar-refractivity contribution >= 4 is 11.7 Å². The van der Waals surface area contributed by atoms with Gasteiger partial charge in [0.1, 0.15) is 0 Å². The summed E-state index contributed by atoms with van der Waals surface area (Å²) in [5, 5.41) is 3.25. The third-order valence-corrected chi connectivity index (χ3v) is 7.17. The number of rotatable bonds is 3. The van der Waals surface area contributed by atoms with E-state index in [2.05, 4.69) is 52.7 Å². The third-order valence-electron chi connectivity index (χ3n) is 7.17.